The van der Waals surface area contributed by atoms with Gasteiger partial charge in [0.2, 0.25) is 0 Å². The van der Waals surface area contributed by atoms with E-state index in [4.69, 9.17) is 15.7 Å². The van der Waals surface area contributed by atoms with Crippen molar-refractivity contribution >= 4 is 17.1 Å². The van der Waals surface area contributed by atoms with Gasteiger partial charge in [-0.05, 0) is 44.2 Å². The van der Waals surface area contributed by atoms with E-state index in [1.54, 1.807) is 18.2 Å². The Morgan fingerprint density at radius 3 is 2.40 bits per heavy atom. The van der Waals surface area contributed by atoms with Gasteiger partial charge in [-0.15, -0.1) is 0 Å². The fourth-order valence-electron chi connectivity index (χ4n) is 1.83. The predicted octanol–water partition coefficient (Wildman–Crippen LogP) is 3.67. The van der Waals surface area contributed by atoms with Crippen LogP contribution in [0.1, 0.15) is 19.4 Å². The molecule has 0 aliphatic rings. The molecule has 0 fully saturated rings. The minimum atomic E-state index is 0.0968. The maximum absolute atomic E-state index is 8.77. The van der Waals surface area contributed by atoms with Crippen molar-refractivity contribution in [2.24, 2.45) is 0 Å². The topological polar surface area (TPSA) is 71.1 Å². The van der Waals surface area contributed by atoms with Gasteiger partial charge in [0.1, 0.15) is 5.75 Å². The zero-order chi connectivity index (χ0) is 14.5. The smallest absolute Gasteiger partial charge is 0.123 e. The van der Waals surface area contributed by atoms with Crippen LogP contribution >= 0.6 is 0 Å². The van der Waals surface area contributed by atoms with Gasteiger partial charge in [0, 0.05) is 29.2 Å². The second-order valence-corrected chi connectivity index (χ2v) is 4.77. The van der Waals surface area contributed by atoms with Crippen molar-refractivity contribution in [2.75, 3.05) is 11.1 Å². The number of hydrogen-bond acceptors (Lipinski definition) is 4. The third-order valence-electron chi connectivity index (χ3n) is 2.60. The highest BCUT2D eigenvalue weighted by molar-refractivity contribution is 5.66. The molecule has 0 radical (unpaired) electrons. The monoisotopic (exact) mass is 267 g/mol. The molecule has 0 aliphatic carbocycles. The average Bonchev–Trinajstić information content (AvgIpc) is 2.38. The van der Waals surface area contributed by atoms with Crippen LogP contribution < -0.4 is 15.8 Å². The van der Waals surface area contributed by atoms with Crippen LogP contribution in [0.3, 0.4) is 0 Å². The van der Waals surface area contributed by atoms with Crippen LogP contribution in [0.25, 0.3) is 0 Å². The molecule has 0 atom stereocenters. The highest BCUT2D eigenvalue weighted by atomic mass is 16.5. The predicted molar refractivity (Wildman–Crippen MR) is 81.1 cm³/mol. The van der Waals surface area contributed by atoms with Crippen molar-refractivity contribution in [1.82, 2.24) is 0 Å². The number of ether oxygens (including phenoxy) is 1. The van der Waals surface area contributed by atoms with E-state index in [2.05, 4.69) is 11.4 Å². The van der Waals surface area contributed by atoms with Crippen LogP contribution in [-0.4, -0.2) is 6.10 Å². The lowest BCUT2D eigenvalue weighted by molar-refractivity contribution is 0.242. The van der Waals surface area contributed by atoms with Crippen LogP contribution in [0.15, 0.2) is 42.5 Å². The Morgan fingerprint density at radius 2 is 1.80 bits per heavy atom. The van der Waals surface area contributed by atoms with E-state index in [9.17, 15) is 0 Å². The second kappa shape index (κ2) is 5.98. The molecule has 20 heavy (non-hydrogen) atoms. The Balaban J connectivity index is 2.19. The van der Waals surface area contributed by atoms with Gasteiger partial charge in [0.05, 0.1) is 17.7 Å². The SMILES string of the molecule is CC(C)Oc1cc(N)cc(Nc2ccc(C#N)cc2)c1. The van der Waals surface area contributed by atoms with Crippen LogP contribution in [0.5, 0.6) is 5.75 Å². The molecule has 0 heterocycles. The molecule has 3 N–H and O–H groups in total. The van der Waals surface area contributed by atoms with Crippen LogP contribution in [0.2, 0.25) is 0 Å². The Bertz CT molecular complexity index is 627. The first kappa shape index (κ1) is 13.8. The summed E-state index contributed by atoms with van der Waals surface area (Å²) in [4.78, 5) is 0. The molecular formula is C16H17N3O. The van der Waals surface area contributed by atoms with Gasteiger partial charge in [-0.2, -0.15) is 5.26 Å². The molecule has 102 valence electrons. The van der Waals surface area contributed by atoms with Gasteiger partial charge in [-0.25, -0.2) is 0 Å². The average molecular weight is 267 g/mol. The molecule has 0 aliphatic heterocycles. The Hall–Kier alpha value is -2.67. The first-order valence-corrected chi connectivity index (χ1v) is 6.41. The van der Waals surface area contributed by atoms with Gasteiger partial charge in [0.25, 0.3) is 0 Å². The number of benzene rings is 2. The molecule has 0 saturated carbocycles. The summed E-state index contributed by atoms with van der Waals surface area (Å²) in [5, 5.41) is 12.0. The van der Waals surface area contributed by atoms with Gasteiger partial charge >= 0.3 is 0 Å². The van der Waals surface area contributed by atoms with Crippen molar-refractivity contribution in [3.8, 4) is 11.8 Å². The molecule has 4 nitrogen and oxygen atoms in total. The molecule has 0 saturated heterocycles. The van der Waals surface area contributed by atoms with Crippen molar-refractivity contribution in [3.05, 3.63) is 48.0 Å². The Labute approximate surface area is 118 Å². The fraction of sp³-hybridized carbons (Fsp3) is 0.188. The summed E-state index contributed by atoms with van der Waals surface area (Å²) in [6.45, 7) is 3.94. The molecule has 0 bridgehead atoms. The van der Waals surface area contributed by atoms with E-state index in [1.807, 2.05) is 38.1 Å². The summed E-state index contributed by atoms with van der Waals surface area (Å²) in [7, 11) is 0. The lowest BCUT2D eigenvalue weighted by Crippen LogP contribution is -2.06. The molecule has 0 amide bonds. The van der Waals surface area contributed by atoms with Crippen LogP contribution in [0.4, 0.5) is 17.1 Å². The number of nitriles is 1. The first-order valence-electron chi connectivity index (χ1n) is 6.41. The Morgan fingerprint density at radius 1 is 1.10 bits per heavy atom. The van der Waals surface area contributed by atoms with E-state index in [1.165, 1.54) is 0 Å². The summed E-state index contributed by atoms with van der Waals surface area (Å²) < 4.78 is 5.65. The molecule has 4 heteroatoms. The number of rotatable bonds is 4. The Kier molecular flexibility index (Phi) is 4.11. The number of hydrogen-bond donors (Lipinski definition) is 2. The van der Waals surface area contributed by atoms with E-state index in [0.717, 1.165) is 17.1 Å². The molecular weight excluding hydrogens is 250 g/mol. The van der Waals surface area contributed by atoms with Gasteiger partial charge < -0.3 is 15.8 Å². The number of nitrogen functional groups attached to an aromatic ring is 1. The molecule has 0 unspecified atom stereocenters. The first-order chi connectivity index (χ1) is 9.56. The lowest BCUT2D eigenvalue weighted by Gasteiger charge is -2.13. The van der Waals surface area contributed by atoms with Crippen molar-refractivity contribution in [2.45, 2.75) is 20.0 Å². The largest absolute Gasteiger partial charge is 0.491 e. The number of nitrogens with zero attached hydrogens (tertiary/aromatic N) is 1. The third kappa shape index (κ3) is 3.66. The molecule has 2 rings (SSSR count). The van der Waals surface area contributed by atoms with E-state index < -0.39 is 0 Å². The molecule has 0 aromatic heterocycles. The maximum Gasteiger partial charge on any atom is 0.123 e. The summed E-state index contributed by atoms with van der Waals surface area (Å²) in [6.07, 6.45) is 0.0968. The number of nitrogens with two attached hydrogens (primary N) is 1. The van der Waals surface area contributed by atoms with Gasteiger partial charge in [0.15, 0.2) is 0 Å². The van der Waals surface area contributed by atoms with Crippen molar-refractivity contribution in [1.29, 1.82) is 5.26 Å². The summed E-state index contributed by atoms with van der Waals surface area (Å²) in [6, 6.07) is 14.9. The molecule has 2 aromatic carbocycles. The molecule has 0 spiro atoms. The highest BCUT2D eigenvalue weighted by Crippen LogP contribution is 2.26. The quantitative estimate of drug-likeness (QED) is 0.829. The minimum Gasteiger partial charge on any atom is -0.491 e. The summed E-state index contributed by atoms with van der Waals surface area (Å²) in [5.74, 6) is 0.733. The summed E-state index contributed by atoms with van der Waals surface area (Å²) >= 11 is 0. The normalized spacial score (nSPS) is 10.1. The van der Waals surface area contributed by atoms with Gasteiger partial charge in [-0.1, -0.05) is 0 Å². The lowest BCUT2D eigenvalue weighted by atomic mass is 10.2. The van der Waals surface area contributed by atoms with Crippen molar-refractivity contribution in [3.63, 3.8) is 0 Å². The zero-order valence-corrected chi connectivity index (χ0v) is 11.6. The van der Waals surface area contributed by atoms with E-state index in [0.29, 0.717) is 11.3 Å². The highest BCUT2D eigenvalue weighted by Gasteiger charge is 2.03. The fourth-order valence-corrected chi connectivity index (χ4v) is 1.83. The second-order valence-electron chi connectivity index (χ2n) is 4.77. The summed E-state index contributed by atoms with van der Waals surface area (Å²) in [5.41, 5.74) is 8.89. The van der Waals surface area contributed by atoms with Crippen LogP contribution in [-0.2, 0) is 0 Å². The number of nitrogens with one attached hydrogen (secondary N) is 1. The number of anilines is 3. The van der Waals surface area contributed by atoms with E-state index in [-0.39, 0.29) is 6.10 Å². The standard InChI is InChI=1S/C16H17N3O/c1-11(2)20-16-8-13(18)7-15(9-16)19-14-5-3-12(10-17)4-6-14/h3-9,11,19H,18H2,1-2H3. The maximum atomic E-state index is 8.77. The third-order valence-corrected chi connectivity index (χ3v) is 2.60. The zero-order valence-electron chi connectivity index (χ0n) is 11.6. The van der Waals surface area contributed by atoms with Crippen molar-refractivity contribution < 1.29 is 4.74 Å². The van der Waals surface area contributed by atoms with E-state index >= 15 is 0 Å². The minimum absolute atomic E-state index is 0.0968. The van der Waals surface area contributed by atoms with Crippen LogP contribution in [0, 0.1) is 11.3 Å². The molecule has 2 aromatic rings. The van der Waals surface area contributed by atoms with Gasteiger partial charge in [-0.3, -0.25) is 0 Å².